The molecular formula is C14H26N2. The molecule has 0 aromatic carbocycles. The topological polar surface area (TPSA) is 15.3 Å². The van der Waals surface area contributed by atoms with Crippen molar-refractivity contribution in [1.82, 2.24) is 10.2 Å². The minimum Gasteiger partial charge on any atom is -0.315 e. The third-order valence-corrected chi connectivity index (χ3v) is 3.10. The Labute approximate surface area is 100 Å². The molecule has 1 rings (SSSR count). The van der Waals surface area contributed by atoms with Crippen LogP contribution in [0.2, 0.25) is 0 Å². The lowest BCUT2D eigenvalue weighted by molar-refractivity contribution is 0.301. The summed E-state index contributed by atoms with van der Waals surface area (Å²) in [4.78, 5) is 2.46. The molecule has 0 amide bonds. The first-order chi connectivity index (χ1) is 7.70. The number of hydrogen-bond donors (Lipinski definition) is 1. The Hall–Kier alpha value is -0.600. The highest BCUT2D eigenvalue weighted by molar-refractivity contribution is 5.08. The number of allylic oxidation sites excluding steroid dienone is 3. The van der Waals surface area contributed by atoms with Crippen molar-refractivity contribution in [2.24, 2.45) is 0 Å². The van der Waals surface area contributed by atoms with Crippen molar-refractivity contribution in [3.63, 3.8) is 0 Å². The molecule has 0 aromatic heterocycles. The van der Waals surface area contributed by atoms with Crippen molar-refractivity contribution in [2.75, 3.05) is 26.7 Å². The number of nitrogens with zero attached hydrogens (tertiary/aromatic N) is 1. The van der Waals surface area contributed by atoms with E-state index in [-0.39, 0.29) is 0 Å². The normalized spacial score (nSPS) is 21.8. The van der Waals surface area contributed by atoms with Crippen molar-refractivity contribution in [3.05, 3.63) is 23.8 Å². The molecule has 0 aromatic rings. The van der Waals surface area contributed by atoms with Gasteiger partial charge in [0, 0.05) is 12.6 Å². The molecule has 0 radical (unpaired) electrons. The van der Waals surface area contributed by atoms with Gasteiger partial charge in [-0.1, -0.05) is 23.8 Å². The van der Waals surface area contributed by atoms with Crippen LogP contribution < -0.4 is 5.32 Å². The molecule has 2 nitrogen and oxygen atoms in total. The molecular weight excluding hydrogens is 196 g/mol. The van der Waals surface area contributed by atoms with Gasteiger partial charge in [-0.25, -0.2) is 0 Å². The number of likely N-dealkylation sites (N-methyl/N-ethyl adjacent to an activating group) is 1. The second-order valence-corrected chi connectivity index (χ2v) is 4.94. The van der Waals surface area contributed by atoms with E-state index in [1.807, 2.05) is 0 Å². The van der Waals surface area contributed by atoms with Gasteiger partial charge in [-0.2, -0.15) is 0 Å². The molecule has 1 atom stereocenters. The fourth-order valence-corrected chi connectivity index (χ4v) is 2.05. The number of hydrogen-bond acceptors (Lipinski definition) is 2. The molecule has 1 fully saturated rings. The first kappa shape index (κ1) is 13.5. The molecule has 2 heteroatoms. The van der Waals surface area contributed by atoms with E-state index in [1.54, 1.807) is 0 Å². The summed E-state index contributed by atoms with van der Waals surface area (Å²) in [6.45, 7) is 7.76. The van der Waals surface area contributed by atoms with Crippen LogP contribution in [0.15, 0.2) is 23.8 Å². The van der Waals surface area contributed by atoms with Gasteiger partial charge in [-0.05, 0) is 53.2 Å². The minimum atomic E-state index is 0.766. The standard InChI is InChI=1S/C14H26N2/c1-13(2)8-5-4-6-10-15-12-14-9-7-11-16(14)3/h4-5,8,14-15H,6-7,9-12H2,1-3H3/b5-4-. The average Bonchev–Trinajstić information content (AvgIpc) is 2.62. The second kappa shape index (κ2) is 7.64. The molecule has 0 aliphatic carbocycles. The maximum absolute atomic E-state index is 3.53. The van der Waals surface area contributed by atoms with Gasteiger partial charge in [0.2, 0.25) is 0 Å². The Balaban J connectivity index is 1.99. The van der Waals surface area contributed by atoms with Crippen LogP contribution in [0.5, 0.6) is 0 Å². The highest BCUT2D eigenvalue weighted by Gasteiger charge is 2.19. The van der Waals surface area contributed by atoms with Gasteiger partial charge in [0.25, 0.3) is 0 Å². The molecule has 0 bridgehead atoms. The zero-order chi connectivity index (χ0) is 11.8. The van der Waals surface area contributed by atoms with E-state index < -0.39 is 0 Å². The predicted molar refractivity (Wildman–Crippen MR) is 71.7 cm³/mol. The van der Waals surface area contributed by atoms with Crippen molar-refractivity contribution >= 4 is 0 Å². The number of rotatable bonds is 6. The number of nitrogens with one attached hydrogen (secondary N) is 1. The van der Waals surface area contributed by atoms with E-state index in [0.717, 1.165) is 25.6 Å². The predicted octanol–water partition coefficient (Wildman–Crippen LogP) is 2.58. The van der Waals surface area contributed by atoms with Crippen molar-refractivity contribution in [3.8, 4) is 0 Å². The second-order valence-electron chi connectivity index (χ2n) is 4.94. The largest absolute Gasteiger partial charge is 0.315 e. The van der Waals surface area contributed by atoms with E-state index in [2.05, 4.69) is 49.3 Å². The smallest absolute Gasteiger partial charge is 0.0218 e. The summed E-state index contributed by atoms with van der Waals surface area (Å²) in [5.74, 6) is 0. The molecule has 1 aliphatic heterocycles. The lowest BCUT2D eigenvalue weighted by atomic mass is 10.2. The summed E-state index contributed by atoms with van der Waals surface area (Å²) in [5, 5.41) is 3.53. The summed E-state index contributed by atoms with van der Waals surface area (Å²) in [7, 11) is 2.23. The average molecular weight is 222 g/mol. The summed E-state index contributed by atoms with van der Waals surface area (Å²) in [5.41, 5.74) is 1.36. The molecule has 1 aliphatic rings. The molecule has 0 saturated carbocycles. The van der Waals surface area contributed by atoms with Gasteiger partial charge in [0.1, 0.15) is 0 Å². The minimum absolute atomic E-state index is 0.766. The fourth-order valence-electron chi connectivity index (χ4n) is 2.05. The highest BCUT2D eigenvalue weighted by atomic mass is 15.2. The maximum Gasteiger partial charge on any atom is 0.0218 e. The first-order valence-electron chi connectivity index (χ1n) is 6.41. The molecule has 16 heavy (non-hydrogen) atoms. The third kappa shape index (κ3) is 5.47. The van der Waals surface area contributed by atoms with E-state index in [4.69, 9.17) is 0 Å². The maximum atomic E-state index is 3.53. The van der Waals surface area contributed by atoms with Crippen LogP contribution in [0.1, 0.15) is 33.1 Å². The van der Waals surface area contributed by atoms with Crippen molar-refractivity contribution in [1.29, 1.82) is 0 Å². The monoisotopic (exact) mass is 222 g/mol. The quantitative estimate of drug-likeness (QED) is 0.549. The van der Waals surface area contributed by atoms with Gasteiger partial charge in [-0.15, -0.1) is 0 Å². The summed E-state index contributed by atoms with van der Waals surface area (Å²) >= 11 is 0. The molecule has 0 spiro atoms. The summed E-state index contributed by atoms with van der Waals surface area (Å²) in [6.07, 6.45) is 10.4. The Morgan fingerprint density at radius 2 is 2.25 bits per heavy atom. The van der Waals surface area contributed by atoms with Gasteiger partial charge < -0.3 is 10.2 Å². The van der Waals surface area contributed by atoms with E-state index in [9.17, 15) is 0 Å². The molecule has 1 saturated heterocycles. The molecule has 1 unspecified atom stereocenters. The van der Waals surface area contributed by atoms with E-state index >= 15 is 0 Å². The van der Waals surface area contributed by atoms with Gasteiger partial charge in [-0.3, -0.25) is 0 Å². The summed E-state index contributed by atoms with van der Waals surface area (Å²) in [6, 6.07) is 0.766. The van der Waals surface area contributed by atoms with E-state index in [0.29, 0.717) is 0 Å². The first-order valence-corrected chi connectivity index (χ1v) is 6.41. The van der Waals surface area contributed by atoms with Crippen molar-refractivity contribution in [2.45, 2.75) is 39.2 Å². The van der Waals surface area contributed by atoms with Gasteiger partial charge in [0.05, 0.1) is 0 Å². The van der Waals surface area contributed by atoms with E-state index in [1.165, 1.54) is 25.0 Å². The van der Waals surface area contributed by atoms with Crippen LogP contribution in [-0.4, -0.2) is 37.6 Å². The zero-order valence-corrected chi connectivity index (χ0v) is 11.0. The summed E-state index contributed by atoms with van der Waals surface area (Å²) < 4.78 is 0. The zero-order valence-electron chi connectivity index (χ0n) is 11.0. The Bertz CT molecular complexity index is 239. The number of likely N-dealkylation sites (tertiary alicyclic amines) is 1. The van der Waals surface area contributed by atoms with Crippen LogP contribution in [-0.2, 0) is 0 Å². The fraction of sp³-hybridized carbons (Fsp3) is 0.714. The van der Waals surface area contributed by atoms with Crippen LogP contribution in [0.25, 0.3) is 0 Å². The molecule has 1 N–H and O–H groups in total. The Kier molecular flexibility index (Phi) is 6.43. The van der Waals surface area contributed by atoms with Gasteiger partial charge >= 0.3 is 0 Å². The Morgan fingerprint density at radius 3 is 2.88 bits per heavy atom. The molecule has 1 heterocycles. The van der Waals surface area contributed by atoms with Crippen LogP contribution in [0, 0.1) is 0 Å². The van der Waals surface area contributed by atoms with Crippen LogP contribution in [0.4, 0.5) is 0 Å². The lowest BCUT2D eigenvalue weighted by Crippen LogP contribution is -2.35. The lowest BCUT2D eigenvalue weighted by Gasteiger charge is -2.19. The van der Waals surface area contributed by atoms with Gasteiger partial charge in [0.15, 0.2) is 0 Å². The van der Waals surface area contributed by atoms with Crippen LogP contribution in [0.3, 0.4) is 0 Å². The third-order valence-electron chi connectivity index (χ3n) is 3.10. The highest BCUT2D eigenvalue weighted by Crippen LogP contribution is 2.13. The van der Waals surface area contributed by atoms with Crippen LogP contribution >= 0.6 is 0 Å². The molecule has 92 valence electrons. The SMILES string of the molecule is CC(C)=C/C=C\CCNCC1CCCN1C. The van der Waals surface area contributed by atoms with Crippen molar-refractivity contribution < 1.29 is 0 Å². The Morgan fingerprint density at radius 1 is 1.44 bits per heavy atom.